The fraction of sp³-hybridized carbons (Fsp3) is 0.241. The molecule has 1 aliphatic carbocycles. The molecule has 1 N–H and O–H groups in total. The molecule has 0 unspecified atom stereocenters. The van der Waals surface area contributed by atoms with Crippen molar-refractivity contribution in [2.45, 2.75) is 49.8 Å². The van der Waals surface area contributed by atoms with Crippen LogP contribution in [0.2, 0.25) is 0 Å². The number of aromatic nitrogens is 1. The molecule has 0 saturated heterocycles. The van der Waals surface area contributed by atoms with Crippen LogP contribution >= 0.6 is 0 Å². The first kappa shape index (κ1) is 23.2. The summed E-state index contributed by atoms with van der Waals surface area (Å²) in [5, 5.41) is 3.19. The maximum atomic E-state index is 12.9. The molecular weight excluding hydrogens is 456 g/mol. The molecule has 6 heteroatoms. The van der Waals surface area contributed by atoms with E-state index in [9.17, 15) is 9.00 Å². The minimum absolute atomic E-state index is 0.0403. The van der Waals surface area contributed by atoms with E-state index < -0.39 is 10.8 Å². The minimum atomic E-state index is -1.20. The highest BCUT2D eigenvalue weighted by Crippen LogP contribution is 2.30. The second-order valence-electron chi connectivity index (χ2n) is 9.02. The van der Waals surface area contributed by atoms with Crippen molar-refractivity contribution in [2.24, 2.45) is 0 Å². The molecule has 1 aromatic heterocycles. The molecular formula is C29H28N2O3S. The second-order valence-corrected chi connectivity index (χ2v) is 10.5. The summed E-state index contributed by atoms with van der Waals surface area (Å²) in [5.41, 5.74) is 5.72. The van der Waals surface area contributed by atoms with Gasteiger partial charge in [-0.3, -0.25) is 9.00 Å². The summed E-state index contributed by atoms with van der Waals surface area (Å²) in [7, 11) is -1.20. The third kappa shape index (κ3) is 5.13. The van der Waals surface area contributed by atoms with Crippen LogP contribution in [0.15, 0.2) is 82.1 Å². The zero-order valence-electron chi connectivity index (χ0n) is 19.9. The summed E-state index contributed by atoms with van der Waals surface area (Å²) < 4.78 is 18.6. The van der Waals surface area contributed by atoms with Gasteiger partial charge >= 0.3 is 0 Å². The first-order valence-electron chi connectivity index (χ1n) is 11.9. The Morgan fingerprint density at radius 2 is 1.77 bits per heavy atom. The van der Waals surface area contributed by atoms with Crippen molar-refractivity contribution >= 4 is 16.7 Å². The molecule has 1 heterocycles. The Balaban J connectivity index is 1.27. The first-order chi connectivity index (χ1) is 17.0. The van der Waals surface area contributed by atoms with Crippen molar-refractivity contribution in [1.82, 2.24) is 10.3 Å². The van der Waals surface area contributed by atoms with Gasteiger partial charge in [0.25, 0.3) is 5.91 Å². The Morgan fingerprint density at radius 3 is 2.54 bits per heavy atom. The number of benzene rings is 3. The van der Waals surface area contributed by atoms with Crippen molar-refractivity contribution in [1.29, 1.82) is 0 Å². The van der Waals surface area contributed by atoms with Crippen LogP contribution in [0.4, 0.5) is 0 Å². The van der Waals surface area contributed by atoms with Crippen LogP contribution < -0.4 is 5.32 Å². The number of aryl methyl sites for hydroxylation is 3. The van der Waals surface area contributed by atoms with Gasteiger partial charge in [0.2, 0.25) is 5.89 Å². The normalized spacial score (nSPS) is 15.9. The molecule has 3 aromatic carbocycles. The van der Waals surface area contributed by atoms with Crippen LogP contribution in [0, 0.1) is 13.8 Å². The van der Waals surface area contributed by atoms with Crippen molar-refractivity contribution < 1.29 is 13.4 Å². The smallest absolute Gasteiger partial charge is 0.251 e. The van der Waals surface area contributed by atoms with Crippen molar-refractivity contribution in [3.8, 4) is 11.5 Å². The zero-order chi connectivity index (χ0) is 24.4. The van der Waals surface area contributed by atoms with Crippen LogP contribution in [0.5, 0.6) is 0 Å². The van der Waals surface area contributed by atoms with Crippen LogP contribution in [0.1, 0.15) is 57.4 Å². The Kier molecular flexibility index (Phi) is 6.64. The van der Waals surface area contributed by atoms with Gasteiger partial charge < -0.3 is 9.73 Å². The molecule has 178 valence electrons. The van der Waals surface area contributed by atoms with Gasteiger partial charge in [-0.15, -0.1) is 0 Å². The lowest BCUT2D eigenvalue weighted by molar-refractivity contribution is 0.0932. The molecule has 2 atom stereocenters. The van der Waals surface area contributed by atoms with E-state index in [1.54, 1.807) is 12.1 Å². The molecule has 0 aliphatic heterocycles. The molecule has 5 nitrogen and oxygen atoms in total. The molecule has 0 spiro atoms. The average molecular weight is 485 g/mol. The van der Waals surface area contributed by atoms with E-state index in [-0.39, 0.29) is 11.9 Å². The fourth-order valence-electron chi connectivity index (χ4n) is 4.49. The van der Waals surface area contributed by atoms with E-state index in [2.05, 4.69) is 28.5 Å². The summed E-state index contributed by atoms with van der Waals surface area (Å²) >= 11 is 0. The van der Waals surface area contributed by atoms with Gasteiger partial charge in [0.15, 0.2) is 0 Å². The van der Waals surface area contributed by atoms with Crippen molar-refractivity contribution in [2.75, 3.05) is 0 Å². The lowest BCUT2D eigenvalue weighted by Gasteiger charge is -2.26. The van der Waals surface area contributed by atoms with Crippen LogP contribution in [0.25, 0.3) is 11.5 Å². The van der Waals surface area contributed by atoms with Gasteiger partial charge in [0, 0.05) is 16.0 Å². The topological polar surface area (TPSA) is 72.2 Å². The largest absolute Gasteiger partial charge is 0.441 e. The van der Waals surface area contributed by atoms with E-state index in [1.807, 2.05) is 56.3 Å². The number of oxazole rings is 1. The number of nitrogens with zero attached hydrogens (tertiary/aromatic N) is 1. The number of hydrogen-bond donors (Lipinski definition) is 1. The standard InChI is InChI=1S/C29H28N2O3S/c1-19-10-16-24(17-11-19)35(33)18-27-20(2)34-29(31-27)23-14-12-22(13-15-23)28(32)30-26-9-5-7-21-6-3-4-8-25(21)26/h3-4,6,8,10-17,26H,5,7,9,18H2,1-2H3,(H,30,32)/t26-,35-/m0/s1. The number of carbonyl (C=O) groups excluding carboxylic acids is 1. The molecule has 0 saturated carbocycles. The quantitative estimate of drug-likeness (QED) is 0.360. The number of fused-ring (bicyclic) bond motifs is 1. The first-order valence-corrected chi connectivity index (χ1v) is 13.2. The van der Waals surface area contributed by atoms with Gasteiger partial charge in [0.05, 0.1) is 28.3 Å². The lowest BCUT2D eigenvalue weighted by Crippen LogP contribution is -2.30. The van der Waals surface area contributed by atoms with Crippen molar-refractivity contribution in [3.05, 3.63) is 107 Å². The van der Waals surface area contributed by atoms with E-state index in [4.69, 9.17) is 4.42 Å². The van der Waals surface area contributed by atoms with Crippen LogP contribution in [0.3, 0.4) is 0 Å². The fourth-order valence-corrected chi connectivity index (χ4v) is 5.62. The molecule has 0 fully saturated rings. The second kappa shape index (κ2) is 10.0. The summed E-state index contributed by atoms with van der Waals surface area (Å²) in [6, 6.07) is 23.3. The monoisotopic (exact) mass is 484 g/mol. The number of rotatable bonds is 6. The predicted molar refractivity (Wildman–Crippen MR) is 138 cm³/mol. The highest BCUT2D eigenvalue weighted by molar-refractivity contribution is 7.84. The van der Waals surface area contributed by atoms with E-state index >= 15 is 0 Å². The Bertz CT molecular complexity index is 1370. The molecule has 1 amide bonds. The Labute approximate surface area is 208 Å². The highest BCUT2D eigenvalue weighted by Gasteiger charge is 2.22. The third-order valence-electron chi connectivity index (χ3n) is 6.51. The zero-order valence-corrected chi connectivity index (χ0v) is 20.7. The lowest BCUT2D eigenvalue weighted by atomic mass is 9.87. The minimum Gasteiger partial charge on any atom is -0.441 e. The highest BCUT2D eigenvalue weighted by atomic mass is 32.2. The molecule has 0 bridgehead atoms. The number of nitrogens with one attached hydrogen (secondary N) is 1. The predicted octanol–water partition coefficient (Wildman–Crippen LogP) is 6.07. The molecule has 5 rings (SSSR count). The van der Waals surface area contributed by atoms with Crippen molar-refractivity contribution in [3.63, 3.8) is 0 Å². The molecule has 0 radical (unpaired) electrons. The van der Waals surface area contributed by atoms with Gasteiger partial charge in [-0.25, -0.2) is 4.98 Å². The summed E-state index contributed by atoms with van der Waals surface area (Å²) in [6.45, 7) is 3.84. The molecule has 1 aliphatic rings. The van der Waals surface area contributed by atoms with E-state index in [0.29, 0.717) is 28.7 Å². The number of hydrogen-bond acceptors (Lipinski definition) is 4. The van der Waals surface area contributed by atoms with Crippen LogP contribution in [-0.4, -0.2) is 15.1 Å². The number of carbonyl (C=O) groups is 1. The molecule has 35 heavy (non-hydrogen) atoms. The average Bonchev–Trinajstić information content (AvgIpc) is 3.24. The van der Waals surface area contributed by atoms with E-state index in [0.717, 1.165) is 35.3 Å². The summed E-state index contributed by atoms with van der Waals surface area (Å²) in [4.78, 5) is 18.3. The third-order valence-corrected chi connectivity index (χ3v) is 7.85. The Hall–Kier alpha value is -3.51. The SMILES string of the molecule is Cc1ccc([S@@](=O)Cc2nc(-c3ccc(C(=O)N[C@H]4CCCc5ccccc54)cc3)oc2C)cc1. The summed E-state index contributed by atoms with van der Waals surface area (Å²) in [6.07, 6.45) is 3.08. The van der Waals surface area contributed by atoms with Gasteiger partial charge in [0.1, 0.15) is 5.76 Å². The van der Waals surface area contributed by atoms with Gasteiger partial charge in [-0.05, 0) is 80.6 Å². The van der Waals surface area contributed by atoms with Gasteiger partial charge in [-0.2, -0.15) is 0 Å². The maximum absolute atomic E-state index is 12.9. The number of amides is 1. The van der Waals surface area contributed by atoms with Gasteiger partial charge in [-0.1, -0.05) is 42.0 Å². The maximum Gasteiger partial charge on any atom is 0.251 e. The summed E-state index contributed by atoms with van der Waals surface area (Å²) in [5.74, 6) is 1.32. The Morgan fingerprint density at radius 1 is 1.03 bits per heavy atom. The van der Waals surface area contributed by atoms with E-state index in [1.165, 1.54) is 11.1 Å². The molecule has 4 aromatic rings. The van der Waals surface area contributed by atoms with Crippen LogP contribution in [-0.2, 0) is 23.0 Å².